The van der Waals surface area contributed by atoms with Crippen LogP contribution in [0.4, 0.5) is 10.7 Å². The lowest BCUT2D eigenvalue weighted by Crippen LogP contribution is -2.13. The molecule has 3 N–H and O–H groups in total. The van der Waals surface area contributed by atoms with Gasteiger partial charge in [0.1, 0.15) is 16.6 Å². The third-order valence-corrected chi connectivity index (χ3v) is 4.22. The summed E-state index contributed by atoms with van der Waals surface area (Å²) in [7, 11) is 0. The molecule has 1 saturated heterocycles. The van der Waals surface area contributed by atoms with Gasteiger partial charge in [-0.05, 0) is 6.42 Å². The molecule has 0 saturated carbocycles. The van der Waals surface area contributed by atoms with Crippen molar-refractivity contribution < 1.29 is 9.53 Å². The SMILES string of the molecule is CC(=O)c1sc(NCC2CCOC2)c(C#N)c1N. The number of anilines is 2. The minimum absolute atomic E-state index is 0.105. The lowest BCUT2D eigenvalue weighted by molar-refractivity contribution is 0.102. The molecule has 18 heavy (non-hydrogen) atoms. The van der Waals surface area contributed by atoms with E-state index >= 15 is 0 Å². The maximum Gasteiger partial charge on any atom is 0.171 e. The number of nitrogens with zero attached hydrogens (tertiary/aromatic N) is 1. The van der Waals surface area contributed by atoms with E-state index in [1.807, 2.05) is 0 Å². The number of ether oxygens (including phenoxy) is 1. The van der Waals surface area contributed by atoms with Gasteiger partial charge in [0.25, 0.3) is 0 Å². The van der Waals surface area contributed by atoms with Gasteiger partial charge >= 0.3 is 0 Å². The standard InChI is InChI=1S/C12H15N3O2S/c1-7(16)11-10(14)9(4-13)12(18-11)15-5-8-2-3-17-6-8/h8,15H,2-3,5-6,14H2,1H3. The average Bonchev–Trinajstić information content (AvgIpc) is 2.93. The highest BCUT2D eigenvalue weighted by Gasteiger charge is 2.20. The highest BCUT2D eigenvalue weighted by molar-refractivity contribution is 7.18. The molecular formula is C12H15N3O2S. The van der Waals surface area contributed by atoms with Crippen LogP contribution in [0.15, 0.2) is 0 Å². The van der Waals surface area contributed by atoms with Gasteiger partial charge in [0, 0.05) is 26.0 Å². The molecule has 1 aromatic heterocycles. The molecule has 0 spiro atoms. The zero-order valence-electron chi connectivity index (χ0n) is 10.2. The number of nitrogens with two attached hydrogens (primary N) is 1. The van der Waals surface area contributed by atoms with Crippen molar-refractivity contribution >= 4 is 27.8 Å². The molecule has 1 aliphatic rings. The maximum atomic E-state index is 11.4. The molecule has 0 bridgehead atoms. The molecule has 1 fully saturated rings. The largest absolute Gasteiger partial charge is 0.396 e. The van der Waals surface area contributed by atoms with Crippen molar-refractivity contribution in [1.82, 2.24) is 0 Å². The summed E-state index contributed by atoms with van der Waals surface area (Å²) in [4.78, 5) is 11.8. The van der Waals surface area contributed by atoms with Gasteiger partial charge in [-0.1, -0.05) is 0 Å². The Labute approximate surface area is 110 Å². The number of carbonyl (C=O) groups excluding carboxylic acids is 1. The first-order valence-electron chi connectivity index (χ1n) is 5.78. The number of Topliss-reactive ketones (excluding diaryl/α,β-unsaturated/α-hetero) is 1. The molecule has 6 heteroatoms. The summed E-state index contributed by atoms with van der Waals surface area (Å²) < 4.78 is 5.29. The molecule has 1 atom stereocenters. The van der Waals surface area contributed by atoms with Crippen LogP contribution in [0, 0.1) is 17.2 Å². The van der Waals surface area contributed by atoms with Crippen LogP contribution in [0.2, 0.25) is 0 Å². The number of ketones is 1. The molecule has 2 heterocycles. The predicted molar refractivity (Wildman–Crippen MR) is 70.9 cm³/mol. The monoisotopic (exact) mass is 265 g/mol. The Morgan fingerprint density at radius 3 is 3.06 bits per heavy atom. The number of nitriles is 1. The summed E-state index contributed by atoms with van der Waals surface area (Å²) in [5.41, 5.74) is 6.47. The fourth-order valence-electron chi connectivity index (χ4n) is 1.92. The molecule has 0 aromatic carbocycles. The van der Waals surface area contributed by atoms with Gasteiger partial charge in [-0.25, -0.2) is 0 Å². The van der Waals surface area contributed by atoms with Crippen LogP contribution in [0.3, 0.4) is 0 Å². The smallest absolute Gasteiger partial charge is 0.171 e. The highest BCUT2D eigenvalue weighted by Crippen LogP contribution is 2.35. The zero-order valence-corrected chi connectivity index (χ0v) is 11.0. The molecule has 96 valence electrons. The normalized spacial score (nSPS) is 18.6. The Morgan fingerprint density at radius 2 is 2.50 bits per heavy atom. The summed E-state index contributed by atoms with van der Waals surface area (Å²) in [6.45, 7) is 3.74. The minimum Gasteiger partial charge on any atom is -0.396 e. The molecule has 0 radical (unpaired) electrons. The number of carbonyl (C=O) groups is 1. The second-order valence-corrected chi connectivity index (χ2v) is 5.35. The summed E-state index contributed by atoms with van der Waals surface area (Å²) in [6, 6.07) is 2.05. The Kier molecular flexibility index (Phi) is 3.84. The second-order valence-electron chi connectivity index (χ2n) is 4.33. The van der Waals surface area contributed by atoms with E-state index < -0.39 is 0 Å². The van der Waals surface area contributed by atoms with Crippen LogP contribution in [0.25, 0.3) is 0 Å². The summed E-state index contributed by atoms with van der Waals surface area (Å²) in [5, 5.41) is 13.0. The number of hydrogen-bond donors (Lipinski definition) is 2. The van der Waals surface area contributed by atoms with Crippen molar-refractivity contribution in [3.8, 4) is 6.07 Å². The number of hydrogen-bond acceptors (Lipinski definition) is 6. The van der Waals surface area contributed by atoms with Crippen LogP contribution < -0.4 is 11.1 Å². The second kappa shape index (κ2) is 5.38. The molecule has 5 nitrogen and oxygen atoms in total. The van der Waals surface area contributed by atoms with Gasteiger partial charge in [0.15, 0.2) is 5.78 Å². The molecule has 1 aromatic rings. The molecular weight excluding hydrogens is 250 g/mol. The van der Waals surface area contributed by atoms with Gasteiger partial charge in [0.05, 0.1) is 17.2 Å². The molecule has 0 aliphatic carbocycles. The van der Waals surface area contributed by atoms with Gasteiger partial charge in [-0.15, -0.1) is 11.3 Å². The first-order chi connectivity index (χ1) is 8.63. The van der Waals surface area contributed by atoms with Crippen LogP contribution in [0.1, 0.15) is 28.6 Å². The van der Waals surface area contributed by atoms with Crippen molar-refractivity contribution in [3.63, 3.8) is 0 Å². The highest BCUT2D eigenvalue weighted by atomic mass is 32.1. The van der Waals surface area contributed by atoms with Crippen molar-refractivity contribution in [3.05, 3.63) is 10.4 Å². The first-order valence-corrected chi connectivity index (χ1v) is 6.60. The van der Waals surface area contributed by atoms with E-state index in [-0.39, 0.29) is 5.78 Å². The lowest BCUT2D eigenvalue weighted by atomic mass is 10.1. The van der Waals surface area contributed by atoms with Crippen molar-refractivity contribution in [1.29, 1.82) is 5.26 Å². The third-order valence-electron chi connectivity index (χ3n) is 2.95. The zero-order chi connectivity index (χ0) is 13.1. The summed E-state index contributed by atoms with van der Waals surface area (Å²) in [5.74, 6) is 0.354. The van der Waals surface area contributed by atoms with Gasteiger partial charge in [0.2, 0.25) is 0 Å². The summed E-state index contributed by atoms with van der Waals surface area (Å²) in [6.07, 6.45) is 1.02. The molecule has 0 amide bonds. The van der Waals surface area contributed by atoms with E-state index in [1.54, 1.807) is 0 Å². The Hall–Kier alpha value is -1.58. The van der Waals surface area contributed by atoms with Crippen LogP contribution in [-0.2, 0) is 4.74 Å². The number of rotatable bonds is 4. The molecule has 1 unspecified atom stereocenters. The average molecular weight is 265 g/mol. The number of nitrogens with one attached hydrogen (secondary N) is 1. The number of thiophene rings is 1. The van der Waals surface area contributed by atoms with Gasteiger partial charge in [-0.3, -0.25) is 4.79 Å². The van der Waals surface area contributed by atoms with E-state index in [0.29, 0.717) is 27.0 Å². The van der Waals surface area contributed by atoms with Crippen molar-refractivity contribution in [2.75, 3.05) is 30.8 Å². The van der Waals surface area contributed by atoms with E-state index in [1.165, 1.54) is 18.3 Å². The Balaban J connectivity index is 2.14. The third kappa shape index (κ3) is 2.47. The van der Waals surface area contributed by atoms with Crippen LogP contribution >= 0.6 is 11.3 Å². The van der Waals surface area contributed by atoms with Gasteiger partial charge < -0.3 is 15.8 Å². The van der Waals surface area contributed by atoms with Crippen molar-refractivity contribution in [2.24, 2.45) is 5.92 Å². The Morgan fingerprint density at radius 1 is 1.72 bits per heavy atom. The number of nitrogen functional groups attached to an aromatic ring is 1. The fourth-order valence-corrected chi connectivity index (χ4v) is 2.90. The minimum atomic E-state index is -0.105. The quantitative estimate of drug-likeness (QED) is 0.811. The molecule has 2 rings (SSSR count). The van der Waals surface area contributed by atoms with E-state index in [2.05, 4.69) is 11.4 Å². The lowest BCUT2D eigenvalue weighted by Gasteiger charge is -2.08. The van der Waals surface area contributed by atoms with Crippen LogP contribution in [-0.4, -0.2) is 25.5 Å². The molecule has 1 aliphatic heterocycles. The van der Waals surface area contributed by atoms with Crippen LogP contribution in [0.5, 0.6) is 0 Å². The fraction of sp³-hybridized carbons (Fsp3) is 0.500. The summed E-state index contributed by atoms with van der Waals surface area (Å²) >= 11 is 1.25. The van der Waals surface area contributed by atoms with Gasteiger partial charge in [-0.2, -0.15) is 5.26 Å². The van der Waals surface area contributed by atoms with Crippen molar-refractivity contribution in [2.45, 2.75) is 13.3 Å². The topological polar surface area (TPSA) is 88.1 Å². The maximum absolute atomic E-state index is 11.4. The first kappa shape index (κ1) is 12.9. The predicted octanol–water partition coefficient (Wildman–Crippen LogP) is 1.85. The van der Waals surface area contributed by atoms with E-state index in [0.717, 1.165) is 26.2 Å². The van der Waals surface area contributed by atoms with E-state index in [9.17, 15) is 4.79 Å². The Bertz CT molecular complexity index is 498. The van der Waals surface area contributed by atoms with E-state index in [4.69, 9.17) is 15.7 Å².